The van der Waals surface area contributed by atoms with Crippen molar-refractivity contribution in [3.63, 3.8) is 0 Å². The number of carboxylic acid groups (broad SMARTS) is 1. The van der Waals surface area contributed by atoms with E-state index in [1.165, 1.54) is 29.7 Å². The highest BCUT2D eigenvalue weighted by Gasteiger charge is 2.25. The van der Waals surface area contributed by atoms with Crippen LogP contribution in [0, 0.1) is 0 Å². The molecule has 3 N–H and O–H groups in total. The molecule has 4 nitrogen and oxygen atoms in total. The summed E-state index contributed by atoms with van der Waals surface area (Å²) in [5, 5.41) is 10.1. The van der Waals surface area contributed by atoms with Crippen LogP contribution in [0.3, 0.4) is 0 Å². The maximum Gasteiger partial charge on any atom is 0.336 e. The fourth-order valence-electron chi connectivity index (χ4n) is 1.40. The highest BCUT2D eigenvalue weighted by atomic mass is 32.3. The Morgan fingerprint density at radius 2 is 2.00 bits per heavy atom. The Kier molecular flexibility index (Phi) is 1.88. The third-order valence-electron chi connectivity index (χ3n) is 2.04. The molecule has 74 valence electrons. The van der Waals surface area contributed by atoms with Crippen molar-refractivity contribution in [1.82, 2.24) is 0 Å². The van der Waals surface area contributed by atoms with Crippen LogP contribution in [0.4, 0.5) is 0 Å². The molecule has 0 atom stereocenters. The molecular formula is C9H8O4S. The number of aromatic carboxylic acids is 1. The Labute approximate surface area is 81.9 Å². The van der Waals surface area contributed by atoms with Crippen LogP contribution in [0.2, 0.25) is 0 Å². The average Bonchev–Trinajstić information content (AvgIpc) is 2.42. The lowest BCUT2D eigenvalue weighted by molar-refractivity contribution is 0.0696. The Balaban J connectivity index is 2.67. The second kappa shape index (κ2) is 2.84. The number of benzene rings is 1. The van der Waals surface area contributed by atoms with Crippen molar-refractivity contribution >= 4 is 22.6 Å². The highest BCUT2D eigenvalue weighted by molar-refractivity contribution is 8.27. The molecule has 0 saturated heterocycles. The second-order valence-corrected chi connectivity index (χ2v) is 4.82. The van der Waals surface area contributed by atoms with Crippen LogP contribution in [0.1, 0.15) is 15.9 Å². The second-order valence-electron chi connectivity index (χ2n) is 2.92. The molecule has 5 heteroatoms. The van der Waals surface area contributed by atoms with Gasteiger partial charge in [0.15, 0.2) is 0 Å². The summed E-state index contributed by atoms with van der Waals surface area (Å²) in [6.45, 7) is 0. The van der Waals surface area contributed by atoms with E-state index in [1.54, 1.807) is 0 Å². The van der Waals surface area contributed by atoms with Crippen LogP contribution in [0.5, 0.6) is 0 Å². The van der Waals surface area contributed by atoms with Gasteiger partial charge in [-0.2, -0.15) is 0 Å². The standard InChI is InChI=1S/C9H8O4S/c10-9(11)7-2-1-3-8-6(7)4-5-14(8,12)13/h1-5,12-13H,(H,10,11). The van der Waals surface area contributed by atoms with Crippen LogP contribution in [-0.2, 0) is 0 Å². The molecule has 2 rings (SSSR count). The van der Waals surface area contributed by atoms with Crippen molar-refractivity contribution < 1.29 is 19.0 Å². The lowest BCUT2D eigenvalue weighted by atomic mass is 10.1. The molecule has 0 radical (unpaired) electrons. The fourth-order valence-corrected chi connectivity index (χ4v) is 2.65. The zero-order valence-electron chi connectivity index (χ0n) is 7.04. The van der Waals surface area contributed by atoms with Gasteiger partial charge in [-0.3, -0.25) is 9.11 Å². The van der Waals surface area contributed by atoms with Crippen molar-refractivity contribution in [2.24, 2.45) is 0 Å². The molecule has 0 spiro atoms. The minimum Gasteiger partial charge on any atom is -0.478 e. The molecule has 0 aliphatic carbocycles. The number of hydrogen-bond acceptors (Lipinski definition) is 3. The molecule has 0 unspecified atom stereocenters. The van der Waals surface area contributed by atoms with Gasteiger partial charge < -0.3 is 5.11 Å². The van der Waals surface area contributed by atoms with Gasteiger partial charge in [-0.15, -0.1) is 10.6 Å². The minimum absolute atomic E-state index is 0.0937. The largest absolute Gasteiger partial charge is 0.478 e. The molecule has 0 amide bonds. The number of fused-ring (bicyclic) bond motifs is 1. The third kappa shape index (κ3) is 1.22. The van der Waals surface area contributed by atoms with E-state index in [1.807, 2.05) is 0 Å². The summed E-state index contributed by atoms with van der Waals surface area (Å²) in [5.74, 6) is -1.07. The third-order valence-corrected chi connectivity index (χ3v) is 3.56. The van der Waals surface area contributed by atoms with Gasteiger partial charge in [0, 0.05) is 11.0 Å². The maximum absolute atomic E-state index is 10.8. The van der Waals surface area contributed by atoms with E-state index in [0.717, 1.165) is 0 Å². The predicted octanol–water partition coefficient (Wildman–Crippen LogP) is 2.48. The molecule has 1 aliphatic rings. The molecule has 1 aliphatic heterocycles. The first-order chi connectivity index (χ1) is 6.52. The lowest BCUT2D eigenvalue weighted by Gasteiger charge is -2.25. The molecule has 0 saturated carbocycles. The molecular weight excluding hydrogens is 204 g/mol. The number of carboxylic acids is 1. The summed E-state index contributed by atoms with van der Waals surface area (Å²) in [6, 6.07) is 4.47. The smallest absolute Gasteiger partial charge is 0.336 e. The van der Waals surface area contributed by atoms with Gasteiger partial charge in [0.05, 0.1) is 10.5 Å². The lowest BCUT2D eigenvalue weighted by Crippen LogP contribution is -2.01. The van der Waals surface area contributed by atoms with Crippen molar-refractivity contribution in [2.45, 2.75) is 4.90 Å². The zero-order chi connectivity index (χ0) is 10.3. The van der Waals surface area contributed by atoms with E-state index < -0.39 is 16.6 Å². The van der Waals surface area contributed by atoms with Crippen LogP contribution >= 0.6 is 10.6 Å². The maximum atomic E-state index is 10.8. The summed E-state index contributed by atoms with van der Waals surface area (Å²) in [5.41, 5.74) is 0.483. The molecule has 14 heavy (non-hydrogen) atoms. The Bertz CT molecular complexity index is 436. The molecule has 1 aromatic carbocycles. The number of carbonyl (C=O) groups is 1. The van der Waals surface area contributed by atoms with Crippen LogP contribution in [0.15, 0.2) is 28.5 Å². The van der Waals surface area contributed by atoms with Gasteiger partial charge in [-0.05, 0) is 18.2 Å². The van der Waals surface area contributed by atoms with E-state index in [-0.39, 0.29) is 10.5 Å². The van der Waals surface area contributed by atoms with E-state index in [2.05, 4.69) is 0 Å². The van der Waals surface area contributed by atoms with Gasteiger partial charge in [0.2, 0.25) is 0 Å². The average molecular weight is 212 g/mol. The molecule has 1 heterocycles. The van der Waals surface area contributed by atoms with Crippen LogP contribution in [-0.4, -0.2) is 20.2 Å². The van der Waals surface area contributed by atoms with Gasteiger partial charge in [-0.1, -0.05) is 6.07 Å². The summed E-state index contributed by atoms with van der Waals surface area (Å²) >= 11 is 0. The van der Waals surface area contributed by atoms with E-state index in [9.17, 15) is 13.9 Å². The zero-order valence-corrected chi connectivity index (χ0v) is 7.86. The number of hydrogen-bond donors (Lipinski definition) is 3. The molecule has 0 bridgehead atoms. The first kappa shape index (κ1) is 9.26. The van der Waals surface area contributed by atoms with Gasteiger partial charge >= 0.3 is 5.97 Å². The molecule has 0 fully saturated rings. The number of rotatable bonds is 1. The monoisotopic (exact) mass is 212 g/mol. The summed E-state index contributed by atoms with van der Waals surface area (Å²) in [4.78, 5) is 11.1. The van der Waals surface area contributed by atoms with Gasteiger partial charge in [-0.25, -0.2) is 4.79 Å². The van der Waals surface area contributed by atoms with Crippen molar-refractivity contribution in [1.29, 1.82) is 0 Å². The van der Waals surface area contributed by atoms with Crippen molar-refractivity contribution in [3.05, 3.63) is 34.7 Å². The van der Waals surface area contributed by atoms with E-state index >= 15 is 0 Å². The SMILES string of the molecule is O=C(O)c1cccc2c1C=CS2(O)O. The first-order valence-electron chi connectivity index (χ1n) is 3.85. The van der Waals surface area contributed by atoms with Crippen molar-refractivity contribution in [2.75, 3.05) is 0 Å². The topological polar surface area (TPSA) is 77.8 Å². The van der Waals surface area contributed by atoms with Crippen LogP contribution in [0.25, 0.3) is 6.08 Å². The van der Waals surface area contributed by atoms with Crippen molar-refractivity contribution in [3.8, 4) is 0 Å². The summed E-state index contributed by atoms with van der Waals surface area (Å²) in [6.07, 6.45) is 1.44. The summed E-state index contributed by atoms with van der Waals surface area (Å²) < 4.78 is 19.0. The van der Waals surface area contributed by atoms with Gasteiger partial charge in [0.25, 0.3) is 0 Å². The van der Waals surface area contributed by atoms with E-state index in [0.29, 0.717) is 5.56 Å². The fraction of sp³-hybridized carbons (Fsp3) is 0. The van der Waals surface area contributed by atoms with E-state index in [4.69, 9.17) is 5.11 Å². The predicted molar refractivity (Wildman–Crippen MR) is 53.5 cm³/mol. The molecule has 1 aromatic rings. The minimum atomic E-state index is -2.91. The van der Waals surface area contributed by atoms with Gasteiger partial charge in [0.1, 0.15) is 0 Å². The Hall–Kier alpha value is -1.30. The Morgan fingerprint density at radius 3 is 2.64 bits per heavy atom. The molecule has 0 aromatic heterocycles. The highest BCUT2D eigenvalue weighted by Crippen LogP contribution is 2.56. The first-order valence-corrected chi connectivity index (χ1v) is 5.46. The Morgan fingerprint density at radius 1 is 1.29 bits per heavy atom. The quantitative estimate of drug-likeness (QED) is 0.668. The van der Waals surface area contributed by atoms with Crippen LogP contribution < -0.4 is 0 Å². The normalized spacial score (nSPS) is 19.0. The summed E-state index contributed by atoms with van der Waals surface area (Å²) in [7, 11) is -2.91.